The highest BCUT2D eigenvalue weighted by Crippen LogP contribution is 2.21. The zero-order valence-electron chi connectivity index (χ0n) is 12.9. The number of benzene rings is 1. The summed E-state index contributed by atoms with van der Waals surface area (Å²) in [6.07, 6.45) is 5.00. The predicted molar refractivity (Wildman–Crippen MR) is 82.7 cm³/mol. The molecular formula is C16H24N2O4. The van der Waals surface area contributed by atoms with Crippen LogP contribution in [0, 0.1) is 0 Å². The van der Waals surface area contributed by atoms with E-state index in [9.17, 15) is 9.59 Å². The molecule has 4 N–H and O–H groups in total. The Morgan fingerprint density at radius 1 is 1.32 bits per heavy atom. The Kier molecular flexibility index (Phi) is 7.56. The number of unbranched alkanes of at least 4 members (excludes halogenated alkanes) is 2. The number of hydrogen-bond acceptors (Lipinski definition) is 4. The van der Waals surface area contributed by atoms with Crippen LogP contribution in [0.1, 0.15) is 48.5 Å². The molecule has 1 aliphatic rings. The first-order valence-corrected chi connectivity index (χ1v) is 7.52. The lowest BCUT2D eigenvalue weighted by Gasteiger charge is -2.38. The molecule has 0 bridgehead atoms. The number of nitrogens with zero attached hydrogens (tertiary/aromatic N) is 1. The van der Waals surface area contributed by atoms with Crippen molar-refractivity contribution in [2.45, 2.75) is 45.1 Å². The van der Waals surface area contributed by atoms with Crippen molar-refractivity contribution >= 4 is 11.9 Å². The van der Waals surface area contributed by atoms with Crippen molar-refractivity contribution in [3.63, 3.8) is 0 Å². The van der Waals surface area contributed by atoms with Crippen molar-refractivity contribution < 1.29 is 19.9 Å². The van der Waals surface area contributed by atoms with E-state index >= 15 is 0 Å². The first-order chi connectivity index (χ1) is 10.6. The lowest BCUT2D eigenvalue weighted by molar-refractivity contribution is -0.146. The van der Waals surface area contributed by atoms with Crippen LogP contribution in [0.2, 0.25) is 0 Å². The van der Waals surface area contributed by atoms with Gasteiger partial charge in [0.05, 0.1) is 0 Å². The van der Waals surface area contributed by atoms with Gasteiger partial charge in [-0.2, -0.15) is 0 Å². The molecule has 1 atom stereocenters. The number of aryl methyl sites for hydroxylation is 1. The normalized spacial score (nSPS) is 16.3. The lowest BCUT2D eigenvalue weighted by Crippen LogP contribution is -2.55. The van der Waals surface area contributed by atoms with Crippen LogP contribution in [0.4, 0.5) is 0 Å². The van der Waals surface area contributed by atoms with E-state index in [1.165, 1.54) is 17.7 Å². The molecule has 1 unspecified atom stereocenters. The Morgan fingerprint density at radius 2 is 2.05 bits per heavy atom. The molecule has 0 radical (unpaired) electrons. The van der Waals surface area contributed by atoms with Gasteiger partial charge in [0.15, 0.2) is 0 Å². The summed E-state index contributed by atoms with van der Waals surface area (Å²) in [4.78, 5) is 24.7. The highest BCUT2D eigenvalue weighted by molar-refractivity contribution is 5.97. The van der Waals surface area contributed by atoms with Crippen LogP contribution in [0.5, 0.6) is 0 Å². The molecule has 1 heterocycles. The maximum Gasteiger partial charge on any atom is 0.326 e. The van der Waals surface area contributed by atoms with Gasteiger partial charge in [0.2, 0.25) is 0 Å². The van der Waals surface area contributed by atoms with Gasteiger partial charge in [0.1, 0.15) is 6.04 Å². The number of amides is 1. The summed E-state index contributed by atoms with van der Waals surface area (Å²) in [6, 6.07) is 6.92. The van der Waals surface area contributed by atoms with Gasteiger partial charge >= 0.3 is 5.97 Å². The fraction of sp³-hybridized carbons (Fsp3) is 0.500. The van der Waals surface area contributed by atoms with E-state index in [2.05, 4.69) is 12.8 Å². The van der Waals surface area contributed by atoms with Gasteiger partial charge in [-0.15, -0.1) is 0 Å². The molecule has 0 aromatic heterocycles. The third-order valence-electron chi connectivity index (χ3n) is 3.81. The quantitative estimate of drug-likeness (QED) is 0.551. The van der Waals surface area contributed by atoms with Crippen LogP contribution >= 0.6 is 0 Å². The molecule has 22 heavy (non-hydrogen) atoms. The van der Waals surface area contributed by atoms with E-state index in [-0.39, 0.29) is 5.91 Å². The summed E-state index contributed by atoms with van der Waals surface area (Å²) >= 11 is 0. The Bertz CT molecular complexity index is 505. The topological polar surface area (TPSA) is 104 Å². The smallest absolute Gasteiger partial charge is 0.326 e. The Labute approximate surface area is 130 Å². The minimum absolute atomic E-state index is 0.166. The van der Waals surface area contributed by atoms with Crippen LogP contribution in [0.3, 0.4) is 0 Å². The van der Waals surface area contributed by atoms with Gasteiger partial charge in [-0.25, -0.2) is 10.7 Å². The average Bonchev–Trinajstić information content (AvgIpc) is 2.48. The summed E-state index contributed by atoms with van der Waals surface area (Å²) in [5.41, 5.74) is 1.75. The van der Waals surface area contributed by atoms with Crippen molar-refractivity contribution in [1.29, 1.82) is 0 Å². The largest absolute Gasteiger partial charge is 0.480 e. The van der Waals surface area contributed by atoms with Crippen molar-refractivity contribution in [1.82, 2.24) is 4.90 Å². The second-order valence-corrected chi connectivity index (χ2v) is 5.30. The Hall–Kier alpha value is -1.92. The third kappa shape index (κ3) is 4.54. The van der Waals surface area contributed by atoms with Crippen LogP contribution < -0.4 is 5.90 Å². The number of aliphatic carboxylic acids is 1. The van der Waals surface area contributed by atoms with Gasteiger partial charge in [-0.1, -0.05) is 31.9 Å². The molecule has 1 aromatic rings. The standard InChI is InChI=1S/C16H21NO3.H3NO/c1-2-3-4-6-12-7-5-8-13(11-12)15(18)17-10-9-14(17)16(19)20;1-2/h5,7-8,11,14H,2-4,6,9-10H2,1H3,(H,19,20);2H,1H2. The average molecular weight is 308 g/mol. The minimum Gasteiger partial charge on any atom is -0.480 e. The van der Waals surface area contributed by atoms with Crippen molar-refractivity contribution in [2.75, 3.05) is 6.54 Å². The van der Waals surface area contributed by atoms with E-state index in [0.717, 1.165) is 18.4 Å². The number of carboxylic acid groups (broad SMARTS) is 1. The van der Waals surface area contributed by atoms with Gasteiger partial charge in [-0.3, -0.25) is 4.79 Å². The molecular weight excluding hydrogens is 284 g/mol. The summed E-state index contributed by atoms with van der Waals surface area (Å²) in [5.74, 6) is 2.42. The SMILES string of the molecule is CCCCCc1cccc(C(=O)N2CCC2C(=O)O)c1.NO. The molecule has 1 aliphatic heterocycles. The first-order valence-electron chi connectivity index (χ1n) is 7.52. The second-order valence-electron chi connectivity index (χ2n) is 5.30. The second kappa shape index (κ2) is 9.17. The molecule has 1 saturated heterocycles. The van der Waals surface area contributed by atoms with Crippen molar-refractivity contribution in [3.05, 3.63) is 35.4 Å². The monoisotopic (exact) mass is 308 g/mol. The number of rotatable bonds is 6. The summed E-state index contributed by atoms with van der Waals surface area (Å²) < 4.78 is 0. The van der Waals surface area contributed by atoms with Crippen LogP contribution in [0.15, 0.2) is 24.3 Å². The third-order valence-corrected chi connectivity index (χ3v) is 3.81. The van der Waals surface area contributed by atoms with E-state index in [4.69, 9.17) is 10.3 Å². The van der Waals surface area contributed by atoms with Gasteiger partial charge in [0, 0.05) is 12.1 Å². The zero-order valence-corrected chi connectivity index (χ0v) is 12.9. The number of carbonyl (C=O) groups is 2. The number of carboxylic acids is 1. The number of likely N-dealkylation sites (tertiary alicyclic amines) is 1. The fourth-order valence-corrected chi connectivity index (χ4v) is 2.49. The molecule has 1 aromatic carbocycles. The van der Waals surface area contributed by atoms with Gasteiger partial charge in [-0.05, 0) is 37.0 Å². The molecule has 2 rings (SSSR count). The van der Waals surface area contributed by atoms with E-state index in [1.54, 1.807) is 6.07 Å². The van der Waals surface area contributed by atoms with Crippen LogP contribution in [-0.2, 0) is 11.2 Å². The van der Waals surface area contributed by atoms with Crippen molar-refractivity contribution in [2.24, 2.45) is 5.90 Å². The van der Waals surface area contributed by atoms with E-state index in [1.807, 2.05) is 18.2 Å². The predicted octanol–water partition coefficient (Wildman–Crippen LogP) is 2.05. The fourth-order valence-electron chi connectivity index (χ4n) is 2.49. The molecule has 6 heteroatoms. The van der Waals surface area contributed by atoms with Gasteiger partial charge in [0.25, 0.3) is 5.91 Å². The summed E-state index contributed by atoms with van der Waals surface area (Å²) in [6.45, 7) is 2.70. The highest BCUT2D eigenvalue weighted by atomic mass is 16.4. The zero-order chi connectivity index (χ0) is 16.5. The number of nitrogens with two attached hydrogens (primary N) is 1. The lowest BCUT2D eigenvalue weighted by atomic mass is 9.99. The minimum atomic E-state index is -0.913. The molecule has 0 aliphatic carbocycles. The first kappa shape index (κ1) is 18.1. The van der Waals surface area contributed by atoms with E-state index < -0.39 is 12.0 Å². The van der Waals surface area contributed by atoms with Crippen LogP contribution in [-0.4, -0.2) is 39.7 Å². The molecule has 0 spiro atoms. The highest BCUT2D eigenvalue weighted by Gasteiger charge is 2.37. The van der Waals surface area contributed by atoms with Crippen molar-refractivity contribution in [3.8, 4) is 0 Å². The Morgan fingerprint density at radius 3 is 2.59 bits per heavy atom. The molecule has 122 valence electrons. The molecule has 6 nitrogen and oxygen atoms in total. The Balaban J connectivity index is 0.00000116. The summed E-state index contributed by atoms with van der Waals surface area (Å²) in [5, 5.41) is 15.5. The molecule has 1 fully saturated rings. The maximum atomic E-state index is 12.3. The number of carbonyl (C=O) groups excluding carboxylic acids is 1. The number of hydrogen-bond donors (Lipinski definition) is 3. The molecule has 1 amide bonds. The van der Waals surface area contributed by atoms with Gasteiger partial charge < -0.3 is 15.2 Å². The molecule has 0 saturated carbocycles. The van der Waals surface area contributed by atoms with E-state index in [0.29, 0.717) is 18.5 Å². The summed E-state index contributed by atoms with van der Waals surface area (Å²) in [7, 11) is 0. The maximum absolute atomic E-state index is 12.3. The van der Waals surface area contributed by atoms with Crippen LogP contribution in [0.25, 0.3) is 0 Å².